The second kappa shape index (κ2) is 7.00. The number of carboxylic acids is 1. The van der Waals surface area contributed by atoms with Gasteiger partial charge in [-0.25, -0.2) is 0 Å². The molecule has 0 aromatic carbocycles. The lowest BCUT2D eigenvalue weighted by Gasteiger charge is -2.28. The quantitative estimate of drug-likeness (QED) is 0.752. The first-order chi connectivity index (χ1) is 8.32. The van der Waals surface area contributed by atoms with Crippen LogP contribution < -0.4 is 0 Å². The number of nitriles is 1. The number of nitrogens with zero attached hydrogens (tertiary/aromatic N) is 2. The van der Waals surface area contributed by atoms with Crippen LogP contribution in [0.25, 0.3) is 0 Å². The van der Waals surface area contributed by atoms with Crippen LogP contribution in [0.2, 0.25) is 0 Å². The van der Waals surface area contributed by atoms with Gasteiger partial charge in [0.1, 0.15) is 0 Å². The number of amides is 1. The fourth-order valence-corrected chi connectivity index (χ4v) is 1.86. The van der Waals surface area contributed by atoms with E-state index in [4.69, 9.17) is 5.26 Å². The van der Waals surface area contributed by atoms with Gasteiger partial charge in [0.05, 0.1) is 17.4 Å². The summed E-state index contributed by atoms with van der Waals surface area (Å²) in [5.74, 6) is -1.40. The molecule has 102 valence electrons. The van der Waals surface area contributed by atoms with Crippen molar-refractivity contribution in [2.45, 2.75) is 40.0 Å². The normalized spacial score (nSPS) is 12.6. The van der Waals surface area contributed by atoms with Gasteiger partial charge in [-0.15, -0.1) is 0 Å². The van der Waals surface area contributed by atoms with Gasteiger partial charge in [0.15, 0.2) is 0 Å². The molecule has 0 bridgehead atoms. The predicted octanol–water partition coefficient (Wildman–Crippen LogP) is 1.89. The lowest BCUT2D eigenvalue weighted by atomic mass is 9.79. The van der Waals surface area contributed by atoms with Crippen molar-refractivity contribution < 1.29 is 14.7 Å². The number of hydrogen-bond donors (Lipinski definition) is 1. The van der Waals surface area contributed by atoms with Crippen LogP contribution in [0.3, 0.4) is 0 Å². The van der Waals surface area contributed by atoms with Crippen molar-refractivity contribution in [3.05, 3.63) is 0 Å². The van der Waals surface area contributed by atoms with Crippen molar-refractivity contribution >= 4 is 11.9 Å². The maximum absolute atomic E-state index is 12.0. The summed E-state index contributed by atoms with van der Waals surface area (Å²) in [5.41, 5.74) is -0.985. The van der Waals surface area contributed by atoms with Crippen molar-refractivity contribution in [1.82, 2.24) is 4.90 Å². The minimum atomic E-state index is -0.985. The standard InChI is InChI=1S/C13H22N2O3/c1-5-13(6-2,12(17)18)7-11(16)15(4)9-10(3)8-14/h10H,5-7,9H2,1-4H3,(H,17,18). The molecule has 18 heavy (non-hydrogen) atoms. The highest BCUT2D eigenvalue weighted by Crippen LogP contribution is 2.31. The Morgan fingerprint density at radius 2 is 1.89 bits per heavy atom. The van der Waals surface area contributed by atoms with E-state index in [9.17, 15) is 14.7 Å². The highest BCUT2D eigenvalue weighted by atomic mass is 16.4. The topological polar surface area (TPSA) is 81.4 Å². The zero-order valence-electron chi connectivity index (χ0n) is 11.6. The summed E-state index contributed by atoms with van der Waals surface area (Å²) in [4.78, 5) is 24.7. The number of hydrogen-bond acceptors (Lipinski definition) is 3. The summed E-state index contributed by atoms with van der Waals surface area (Å²) in [6.07, 6.45) is 0.836. The van der Waals surface area contributed by atoms with Crippen LogP contribution in [0.1, 0.15) is 40.0 Å². The van der Waals surface area contributed by atoms with Crippen molar-refractivity contribution in [2.24, 2.45) is 11.3 Å². The Balaban J connectivity index is 4.72. The van der Waals surface area contributed by atoms with Crippen LogP contribution in [0.15, 0.2) is 0 Å². The smallest absolute Gasteiger partial charge is 0.310 e. The predicted molar refractivity (Wildman–Crippen MR) is 67.7 cm³/mol. The van der Waals surface area contributed by atoms with Gasteiger partial charge < -0.3 is 10.0 Å². The fraction of sp³-hybridized carbons (Fsp3) is 0.769. The Kier molecular flexibility index (Phi) is 6.39. The molecule has 1 atom stereocenters. The summed E-state index contributed by atoms with van der Waals surface area (Å²) < 4.78 is 0. The molecule has 0 aliphatic heterocycles. The number of carbonyl (C=O) groups is 2. The first-order valence-electron chi connectivity index (χ1n) is 6.20. The Morgan fingerprint density at radius 1 is 1.39 bits per heavy atom. The Bertz CT molecular complexity index is 343. The van der Waals surface area contributed by atoms with Gasteiger partial charge in [-0.3, -0.25) is 9.59 Å². The summed E-state index contributed by atoms with van der Waals surface area (Å²) in [6, 6.07) is 2.05. The molecule has 0 spiro atoms. The summed E-state index contributed by atoms with van der Waals surface area (Å²) >= 11 is 0. The van der Waals surface area contributed by atoms with Gasteiger partial charge in [-0.2, -0.15) is 5.26 Å². The van der Waals surface area contributed by atoms with Crippen LogP contribution in [-0.4, -0.2) is 35.5 Å². The molecular weight excluding hydrogens is 232 g/mol. The molecule has 0 heterocycles. The molecule has 0 aromatic rings. The second-order valence-corrected chi connectivity index (χ2v) is 4.77. The van der Waals surface area contributed by atoms with E-state index < -0.39 is 11.4 Å². The van der Waals surface area contributed by atoms with E-state index in [0.717, 1.165) is 0 Å². The van der Waals surface area contributed by atoms with Crippen molar-refractivity contribution in [3.8, 4) is 6.07 Å². The third-order valence-electron chi connectivity index (χ3n) is 3.49. The third-order valence-corrected chi connectivity index (χ3v) is 3.49. The third kappa shape index (κ3) is 4.02. The SMILES string of the molecule is CCC(CC)(CC(=O)N(C)CC(C)C#N)C(=O)O. The van der Waals surface area contributed by atoms with E-state index in [1.165, 1.54) is 4.90 Å². The Labute approximate surface area is 108 Å². The minimum absolute atomic E-state index is 0.00994. The molecule has 1 amide bonds. The monoisotopic (exact) mass is 254 g/mol. The molecule has 0 aliphatic rings. The second-order valence-electron chi connectivity index (χ2n) is 4.77. The van der Waals surface area contributed by atoms with Crippen molar-refractivity contribution in [3.63, 3.8) is 0 Å². The summed E-state index contributed by atoms with van der Waals surface area (Å²) in [6.45, 7) is 5.62. The summed E-state index contributed by atoms with van der Waals surface area (Å²) in [5, 5.41) is 18.0. The van der Waals surface area contributed by atoms with Crippen LogP contribution >= 0.6 is 0 Å². The largest absolute Gasteiger partial charge is 0.481 e. The Hall–Kier alpha value is -1.57. The maximum Gasteiger partial charge on any atom is 0.310 e. The molecule has 0 aromatic heterocycles. The molecule has 1 unspecified atom stereocenters. The van der Waals surface area contributed by atoms with Gasteiger partial charge in [0, 0.05) is 20.0 Å². The molecule has 1 N–H and O–H groups in total. The highest BCUT2D eigenvalue weighted by Gasteiger charge is 2.37. The number of rotatable bonds is 7. The molecule has 5 nitrogen and oxygen atoms in total. The van der Waals surface area contributed by atoms with Gasteiger partial charge in [-0.05, 0) is 19.8 Å². The molecule has 5 heteroatoms. The molecule has 0 radical (unpaired) electrons. The maximum atomic E-state index is 12.0. The summed E-state index contributed by atoms with van der Waals surface area (Å²) in [7, 11) is 1.61. The van der Waals surface area contributed by atoms with E-state index >= 15 is 0 Å². The van der Waals surface area contributed by atoms with Crippen LogP contribution in [0, 0.1) is 22.7 Å². The number of carbonyl (C=O) groups excluding carboxylic acids is 1. The van der Waals surface area contributed by atoms with Gasteiger partial charge in [-0.1, -0.05) is 13.8 Å². The molecule has 0 rings (SSSR count). The van der Waals surface area contributed by atoms with E-state index in [0.29, 0.717) is 19.4 Å². The van der Waals surface area contributed by atoms with Crippen molar-refractivity contribution in [1.29, 1.82) is 5.26 Å². The minimum Gasteiger partial charge on any atom is -0.481 e. The number of aliphatic carboxylic acids is 1. The van der Waals surface area contributed by atoms with E-state index in [2.05, 4.69) is 6.07 Å². The van der Waals surface area contributed by atoms with Gasteiger partial charge in [0.25, 0.3) is 0 Å². The molecule has 0 fully saturated rings. The highest BCUT2D eigenvalue weighted by molar-refractivity contribution is 5.84. The van der Waals surface area contributed by atoms with Gasteiger partial charge >= 0.3 is 5.97 Å². The lowest BCUT2D eigenvalue weighted by Crippen LogP contribution is -2.39. The van der Waals surface area contributed by atoms with Gasteiger partial charge in [0.2, 0.25) is 5.91 Å². The molecule has 0 saturated carbocycles. The van der Waals surface area contributed by atoms with E-state index in [1.807, 2.05) is 0 Å². The number of carboxylic acid groups (broad SMARTS) is 1. The average Bonchev–Trinajstić information content (AvgIpc) is 2.34. The van der Waals surface area contributed by atoms with Crippen LogP contribution in [-0.2, 0) is 9.59 Å². The first kappa shape index (κ1) is 16.4. The average molecular weight is 254 g/mol. The molecule has 0 aliphatic carbocycles. The molecule has 0 saturated heterocycles. The zero-order chi connectivity index (χ0) is 14.3. The molecular formula is C13H22N2O3. The zero-order valence-corrected chi connectivity index (χ0v) is 11.6. The fourth-order valence-electron chi connectivity index (χ4n) is 1.86. The van der Waals surface area contributed by atoms with E-state index in [1.54, 1.807) is 27.8 Å². The van der Waals surface area contributed by atoms with Crippen LogP contribution in [0.4, 0.5) is 0 Å². The Morgan fingerprint density at radius 3 is 2.22 bits per heavy atom. The first-order valence-corrected chi connectivity index (χ1v) is 6.20. The lowest BCUT2D eigenvalue weighted by molar-refractivity contribution is -0.154. The van der Waals surface area contributed by atoms with E-state index in [-0.39, 0.29) is 18.2 Å². The van der Waals surface area contributed by atoms with Crippen LogP contribution in [0.5, 0.6) is 0 Å². The van der Waals surface area contributed by atoms with Crippen molar-refractivity contribution in [2.75, 3.05) is 13.6 Å².